The van der Waals surface area contributed by atoms with Gasteiger partial charge in [-0.15, -0.1) is 11.8 Å². The van der Waals surface area contributed by atoms with Gasteiger partial charge in [-0.1, -0.05) is 30.3 Å². The summed E-state index contributed by atoms with van der Waals surface area (Å²) in [7, 11) is 0. The number of nitrogens with one attached hydrogen (secondary N) is 1. The SMILES string of the molecule is CCOOC(=O)C1=C(C)CS[C@@H]2[C@H](NC(=O)[C@H](N)c3ccccc3)C(=O)N12. The van der Waals surface area contributed by atoms with Crippen LogP contribution >= 0.6 is 11.8 Å². The van der Waals surface area contributed by atoms with E-state index in [1.54, 1.807) is 38.1 Å². The zero-order valence-corrected chi connectivity index (χ0v) is 15.8. The van der Waals surface area contributed by atoms with Gasteiger partial charge in [0.05, 0.1) is 6.61 Å². The lowest BCUT2D eigenvalue weighted by atomic mass is 10.0. The minimum Gasteiger partial charge on any atom is -0.340 e. The molecule has 0 aromatic heterocycles. The Morgan fingerprint density at radius 1 is 1.37 bits per heavy atom. The normalized spacial score (nSPS) is 22.6. The monoisotopic (exact) mass is 391 g/mol. The van der Waals surface area contributed by atoms with Gasteiger partial charge in [0, 0.05) is 5.75 Å². The zero-order valence-electron chi connectivity index (χ0n) is 15.0. The summed E-state index contributed by atoms with van der Waals surface area (Å²) >= 11 is 1.47. The number of nitrogens with zero attached hydrogens (tertiary/aromatic N) is 1. The Hall–Kier alpha value is -2.36. The average molecular weight is 391 g/mol. The molecule has 0 radical (unpaired) electrons. The van der Waals surface area contributed by atoms with Gasteiger partial charge in [0.2, 0.25) is 5.91 Å². The van der Waals surface area contributed by atoms with E-state index in [2.05, 4.69) is 5.32 Å². The number of nitrogens with two attached hydrogens (primary N) is 1. The molecule has 2 heterocycles. The summed E-state index contributed by atoms with van der Waals surface area (Å²) in [6, 6.07) is 7.31. The number of fused-ring (bicyclic) bond motifs is 1. The molecule has 8 nitrogen and oxygen atoms in total. The average Bonchev–Trinajstić information content (AvgIpc) is 2.69. The molecule has 0 spiro atoms. The van der Waals surface area contributed by atoms with Crippen molar-refractivity contribution in [1.29, 1.82) is 0 Å². The Morgan fingerprint density at radius 3 is 2.74 bits per heavy atom. The van der Waals surface area contributed by atoms with Crippen LogP contribution in [0.5, 0.6) is 0 Å². The molecule has 0 unspecified atom stereocenters. The van der Waals surface area contributed by atoms with Crippen molar-refractivity contribution in [2.45, 2.75) is 31.3 Å². The standard InChI is InChI=1S/C18H21N3O5S/c1-3-25-26-18(24)14-10(2)9-27-17-13(16(23)21(14)17)20-15(22)12(19)11-7-5-4-6-8-11/h4-8,12-13,17H,3,9,19H2,1-2H3,(H,20,22)/t12-,13-,17-/m1/s1. The lowest BCUT2D eigenvalue weighted by Gasteiger charge is -2.49. The van der Waals surface area contributed by atoms with Gasteiger partial charge in [0.25, 0.3) is 5.91 Å². The van der Waals surface area contributed by atoms with Gasteiger partial charge < -0.3 is 11.1 Å². The summed E-state index contributed by atoms with van der Waals surface area (Å²) in [5.74, 6) is -0.978. The van der Waals surface area contributed by atoms with E-state index < -0.39 is 24.0 Å². The minimum absolute atomic E-state index is 0.176. The summed E-state index contributed by atoms with van der Waals surface area (Å²) in [5, 5.41) is 2.32. The summed E-state index contributed by atoms with van der Waals surface area (Å²) in [6.07, 6.45) is 0. The van der Waals surface area contributed by atoms with Crippen molar-refractivity contribution in [2.24, 2.45) is 5.73 Å². The van der Waals surface area contributed by atoms with Crippen molar-refractivity contribution < 1.29 is 24.2 Å². The maximum atomic E-state index is 12.6. The summed E-state index contributed by atoms with van der Waals surface area (Å²) in [6.45, 7) is 3.65. The Kier molecular flexibility index (Phi) is 5.83. The molecule has 9 heteroatoms. The van der Waals surface area contributed by atoms with Gasteiger partial charge in [-0.3, -0.25) is 19.4 Å². The van der Waals surface area contributed by atoms with E-state index in [9.17, 15) is 14.4 Å². The van der Waals surface area contributed by atoms with E-state index in [0.29, 0.717) is 11.3 Å². The lowest BCUT2D eigenvalue weighted by Crippen LogP contribution is -2.71. The largest absolute Gasteiger partial charge is 0.389 e. The first kappa shape index (κ1) is 19.4. The molecule has 2 aliphatic heterocycles. The Labute approximate surface area is 161 Å². The number of hydrogen-bond acceptors (Lipinski definition) is 7. The Bertz CT molecular complexity index is 782. The highest BCUT2D eigenvalue weighted by Gasteiger charge is 2.54. The lowest BCUT2D eigenvalue weighted by molar-refractivity contribution is -0.267. The highest BCUT2D eigenvalue weighted by atomic mass is 32.2. The molecule has 1 aromatic carbocycles. The van der Waals surface area contributed by atoms with Gasteiger partial charge in [-0.2, -0.15) is 4.89 Å². The van der Waals surface area contributed by atoms with Crippen molar-refractivity contribution in [2.75, 3.05) is 12.4 Å². The molecule has 3 N–H and O–H groups in total. The van der Waals surface area contributed by atoms with Crippen molar-refractivity contribution in [1.82, 2.24) is 10.2 Å². The molecular weight excluding hydrogens is 370 g/mol. The van der Waals surface area contributed by atoms with E-state index in [4.69, 9.17) is 15.5 Å². The van der Waals surface area contributed by atoms with Crippen LogP contribution in [0.1, 0.15) is 25.5 Å². The minimum atomic E-state index is -0.874. The molecule has 0 saturated carbocycles. The highest BCUT2D eigenvalue weighted by Crippen LogP contribution is 2.40. The first-order valence-electron chi connectivity index (χ1n) is 8.54. The quantitative estimate of drug-likeness (QED) is 0.420. The molecular formula is C18H21N3O5S. The number of amides is 2. The second kappa shape index (κ2) is 8.12. The first-order valence-corrected chi connectivity index (χ1v) is 9.59. The summed E-state index contributed by atoms with van der Waals surface area (Å²) < 4.78 is 0. The van der Waals surface area contributed by atoms with Crippen molar-refractivity contribution in [3.05, 3.63) is 47.2 Å². The molecule has 27 heavy (non-hydrogen) atoms. The molecule has 2 amide bonds. The van der Waals surface area contributed by atoms with Crippen LogP contribution in [0, 0.1) is 0 Å². The van der Waals surface area contributed by atoms with Gasteiger partial charge in [0.1, 0.15) is 23.2 Å². The predicted octanol–water partition coefficient (Wildman–Crippen LogP) is 0.855. The number of rotatable bonds is 6. The second-order valence-electron chi connectivity index (χ2n) is 6.19. The number of β-lactam (4-membered cyclic amide) rings is 1. The smallest absolute Gasteiger partial charge is 0.340 e. The van der Waals surface area contributed by atoms with Gasteiger partial charge in [-0.25, -0.2) is 4.79 Å². The summed E-state index contributed by atoms with van der Waals surface area (Å²) in [4.78, 5) is 48.0. The van der Waals surface area contributed by atoms with E-state index >= 15 is 0 Å². The Morgan fingerprint density at radius 2 is 2.07 bits per heavy atom. The van der Waals surface area contributed by atoms with Crippen molar-refractivity contribution in [3.63, 3.8) is 0 Å². The fourth-order valence-corrected chi connectivity index (χ4v) is 4.26. The third-order valence-electron chi connectivity index (χ3n) is 4.34. The Balaban J connectivity index is 1.69. The van der Waals surface area contributed by atoms with E-state index in [1.807, 2.05) is 6.07 Å². The predicted molar refractivity (Wildman–Crippen MR) is 98.8 cm³/mol. The maximum absolute atomic E-state index is 12.6. The molecule has 0 bridgehead atoms. The molecule has 0 aliphatic carbocycles. The van der Waals surface area contributed by atoms with Crippen molar-refractivity contribution in [3.8, 4) is 0 Å². The van der Waals surface area contributed by atoms with E-state index in [0.717, 1.165) is 5.57 Å². The second-order valence-corrected chi connectivity index (χ2v) is 7.30. The zero-order chi connectivity index (χ0) is 19.6. The maximum Gasteiger partial charge on any atom is 0.389 e. The van der Waals surface area contributed by atoms with Crippen LogP contribution in [-0.2, 0) is 24.2 Å². The topological polar surface area (TPSA) is 111 Å². The third-order valence-corrected chi connectivity index (χ3v) is 5.77. The number of carbonyl (C=O) groups excluding carboxylic acids is 3. The van der Waals surface area contributed by atoms with Crippen LogP contribution in [0.2, 0.25) is 0 Å². The van der Waals surface area contributed by atoms with Gasteiger partial charge in [-0.05, 0) is 25.0 Å². The number of carbonyl (C=O) groups is 3. The fraction of sp³-hybridized carbons (Fsp3) is 0.389. The van der Waals surface area contributed by atoms with Crippen molar-refractivity contribution >= 4 is 29.5 Å². The fourth-order valence-electron chi connectivity index (χ4n) is 2.97. The molecule has 1 aromatic rings. The molecule has 1 fully saturated rings. The van der Waals surface area contributed by atoms with Crippen LogP contribution in [0.3, 0.4) is 0 Å². The van der Waals surface area contributed by atoms with Gasteiger partial charge >= 0.3 is 5.97 Å². The van der Waals surface area contributed by atoms with Crippen LogP contribution < -0.4 is 11.1 Å². The highest BCUT2D eigenvalue weighted by molar-refractivity contribution is 8.00. The van der Waals surface area contributed by atoms with Crippen LogP contribution in [0.25, 0.3) is 0 Å². The first-order chi connectivity index (χ1) is 13.0. The molecule has 144 valence electrons. The summed E-state index contributed by atoms with van der Waals surface area (Å²) in [5.41, 5.74) is 7.55. The van der Waals surface area contributed by atoms with Crippen LogP contribution in [0.15, 0.2) is 41.6 Å². The molecule has 2 aliphatic rings. The number of thioether (sulfide) groups is 1. The van der Waals surface area contributed by atoms with E-state index in [-0.39, 0.29) is 23.6 Å². The van der Waals surface area contributed by atoms with Crippen LogP contribution in [-0.4, -0.2) is 46.5 Å². The number of benzene rings is 1. The molecule has 3 rings (SSSR count). The van der Waals surface area contributed by atoms with Crippen LogP contribution in [0.4, 0.5) is 0 Å². The van der Waals surface area contributed by atoms with Gasteiger partial charge in [0.15, 0.2) is 0 Å². The van der Waals surface area contributed by atoms with E-state index in [1.165, 1.54) is 16.7 Å². The molecule has 1 saturated heterocycles. The molecule has 3 atom stereocenters. The third kappa shape index (κ3) is 3.71. The number of hydrogen-bond donors (Lipinski definition) is 2.